The van der Waals surface area contributed by atoms with E-state index in [0.29, 0.717) is 23.2 Å². The van der Waals surface area contributed by atoms with Crippen LogP contribution in [-0.4, -0.2) is 10.7 Å². The number of allylic oxidation sites excluding steroid dienone is 1. The van der Waals surface area contributed by atoms with Crippen molar-refractivity contribution in [3.05, 3.63) is 48.2 Å². The molecule has 1 heterocycles. The van der Waals surface area contributed by atoms with Crippen molar-refractivity contribution in [2.75, 3.05) is 5.75 Å². The molecule has 2 nitrogen and oxygen atoms in total. The second kappa shape index (κ2) is 6.52. The van der Waals surface area contributed by atoms with Crippen molar-refractivity contribution in [2.45, 2.75) is 18.6 Å². The fourth-order valence-corrected chi connectivity index (χ4v) is 2.31. The molecule has 100 valence electrons. The molecule has 0 fully saturated rings. The predicted molar refractivity (Wildman–Crippen MR) is 72.2 cm³/mol. The SMILES string of the molecule is CC(CCSc1ncc(-c2ccccc2)o1)=C(F)F. The molecule has 0 radical (unpaired) electrons. The fourth-order valence-electron chi connectivity index (χ4n) is 1.45. The van der Waals surface area contributed by atoms with E-state index in [-0.39, 0.29) is 5.57 Å². The van der Waals surface area contributed by atoms with Gasteiger partial charge in [0.2, 0.25) is 0 Å². The van der Waals surface area contributed by atoms with Gasteiger partial charge in [-0.25, -0.2) is 4.98 Å². The van der Waals surface area contributed by atoms with Crippen molar-refractivity contribution in [2.24, 2.45) is 0 Å². The Bertz CT molecular complexity index is 562. The van der Waals surface area contributed by atoms with Crippen molar-refractivity contribution < 1.29 is 13.2 Å². The maximum Gasteiger partial charge on any atom is 0.269 e. The molecule has 1 aromatic heterocycles. The van der Waals surface area contributed by atoms with Crippen LogP contribution in [0.4, 0.5) is 8.78 Å². The molecule has 0 unspecified atom stereocenters. The summed E-state index contributed by atoms with van der Waals surface area (Å²) in [7, 11) is 0. The summed E-state index contributed by atoms with van der Waals surface area (Å²) in [5.41, 5.74) is 1.06. The lowest BCUT2D eigenvalue weighted by molar-refractivity contribution is 0.409. The molecule has 1 aromatic carbocycles. The number of halogens is 2. The average Bonchev–Trinajstić information content (AvgIpc) is 2.88. The molecule has 0 aliphatic carbocycles. The lowest BCUT2D eigenvalue weighted by Crippen LogP contribution is -1.83. The summed E-state index contributed by atoms with van der Waals surface area (Å²) in [6.07, 6.45) is 0.379. The number of rotatable bonds is 5. The molecule has 0 bridgehead atoms. The zero-order valence-corrected chi connectivity index (χ0v) is 11.2. The first-order valence-corrected chi connectivity index (χ1v) is 6.80. The highest BCUT2D eigenvalue weighted by Gasteiger charge is 2.07. The molecule has 0 atom stereocenters. The van der Waals surface area contributed by atoms with Crippen LogP contribution in [0.25, 0.3) is 11.3 Å². The molecule has 2 aromatic rings. The van der Waals surface area contributed by atoms with E-state index in [1.807, 2.05) is 30.3 Å². The largest absolute Gasteiger partial charge is 0.431 e. The number of aromatic nitrogens is 1. The van der Waals surface area contributed by atoms with E-state index in [1.165, 1.54) is 18.7 Å². The van der Waals surface area contributed by atoms with E-state index in [4.69, 9.17) is 4.42 Å². The van der Waals surface area contributed by atoms with Crippen LogP contribution >= 0.6 is 11.8 Å². The molecule has 0 aliphatic heterocycles. The van der Waals surface area contributed by atoms with Crippen molar-refractivity contribution in [3.8, 4) is 11.3 Å². The van der Waals surface area contributed by atoms with Gasteiger partial charge in [-0.1, -0.05) is 42.1 Å². The number of oxazole rings is 1. The van der Waals surface area contributed by atoms with Gasteiger partial charge in [0.1, 0.15) is 0 Å². The Morgan fingerprint density at radius 2 is 2.00 bits per heavy atom. The number of nitrogens with zero attached hydrogens (tertiary/aromatic N) is 1. The van der Waals surface area contributed by atoms with Crippen LogP contribution in [-0.2, 0) is 0 Å². The third kappa shape index (κ3) is 3.92. The normalized spacial score (nSPS) is 10.5. The molecular weight excluding hydrogens is 268 g/mol. The minimum atomic E-state index is -1.60. The van der Waals surface area contributed by atoms with Crippen LogP contribution in [0.2, 0.25) is 0 Å². The minimum Gasteiger partial charge on any atom is -0.431 e. The number of hydrogen-bond acceptors (Lipinski definition) is 3. The third-order valence-electron chi connectivity index (χ3n) is 2.57. The maximum absolute atomic E-state index is 12.2. The van der Waals surface area contributed by atoms with Gasteiger partial charge in [0.25, 0.3) is 11.3 Å². The molecule has 5 heteroatoms. The Labute approximate surface area is 114 Å². The summed E-state index contributed by atoms with van der Waals surface area (Å²) < 4.78 is 30.0. The van der Waals surface area contributed by atoms with Crippen LogP contribution in [0.5, 0.6) is 0 Å². The van der Waals surface area contributed by atoms with Gasteiger partial charge in [0, 0.05) is 11.3 Å². The van der Waals surface area contributed by atoms with Crippen LogP contribution in [0.1, 0.15) is 13.3 Å². The molecular formula is C14H13F2NOS. The van der Waals surface area contributed by atoms with Gasteiger partial charge >= 0.3 is 0 Å². The monoisotopic (exact) mass is 281 g/mol. The molecule has 0 aliphatic rings. The van der Waals surface area contributed by atoms with E-state index < -0.39 is 6.08 Å². The first-order chi connectivity index (χ1) is 9.16. The van der Waals surface area contributed by atoms with Crippen molar-refractivity contribution >= 4 is 11.8 Å². The quantitative estimate of drug-likeness (QED) is 0.722. The Morgan fingerprint density at radius 3 is 2.68 bits per heavy atom. The maximum atomic E-state index is 12.2. The van der Waals surface area contributed by atoms with E-state index >= 15 is 0 Å². The fraction of sp³-hybridized carbons (Fsp3) is 0.214. The second-order valence-corrected chi connectivity index (χ2v) is 5.04. The first kappa shape index (κ1) is 13.8. The summed E-state index contributed by atoms with van der Waals surface area (Å²) in [4.78, 5) is 4.13. The first-order valence-electron chi connectivity index (χ1n) is 5.81. The molecule has 0 spiro atoms. The van der Waals surface area contributed by atoms with Crippen LogP contribution in [0.3, 0.4) is 0 Å². The van der Waals surface area contributed by atoms with Gasteiger partial charge in [-0.3, -0.25) is 0 Å². The van der Waals surface area contributed by atoms with Gasteiger partial charge in [-0.2, -0.15) is 8.78 Å². The smallest absolute Gasteiger partial charge is 0.269 e. The second-order valence-electron chi connectivity index (χ2n) is 4.00. The van der Waals surface area contributed by atoms with Crippen molar-refractivity contribution in [1.29, 1.82) is 0 Å². The third-order valence-corrected chi connectivity index (χ3v) is 3.41. The molecule has 0 saturated carbocycles. The standard InChI is InChI=1S/C14H13F2NOS/c1-10(13(15)16)7-8-19-14-17-9-12(18-14)11-5-3-2-4-6-11/h2-6,9H,7-8H2,1H3. The predicted octanol–water partition coefficient (Wildman–Crippen LogP) is 4.99. The highest BCUT2D eigenvalue weighted by atomic mass is 32.2. The summed E-state index contributed by atoms with van der Waals surface area (Å²) in [6.45, 7) is 1.43. The number of hydrogen-bond donors (Lipinski definition) is 0. The average molecular weight is 281 g/mol. The summed E-state index contributed by atoms with van der Waals surface area (Å²) >= 11 is 1.34. The summed E-state index contributed by atoms with van der Waals surface area (Å²) in [5.74, 6) is 1.21. The van der Waals surface area contributed by atoms with Crippen LogP contribution < -0.4 is 0 Å². The van der Waals surface area contributed by atoms with E-state index in [0.717, 1.165) is 5.56 Å². The van der Waals surface area contributed by atoms with Gasteiger partial charge in [-0.15, -0.1) is 0 Å². The molecule has 2 rings (SSSR count). The Hall–Kier alpha value is -1.62. The zero-order chi connectivity index (χ0) is 13.7. The van der Waals surface area contributed by atoms with Gasteiger partial charge < -0.3 is 4.42 Å². The Balaban J connectivity index is 1.94. The lowest BCUT2D eigenvalue weighted by atomic mass is 10.2. The number of benzene rings is 1. The molecule has 0 N–H and O–H groups in total. The topological polar surface area (TPSA) is 26.0 Å². The van der Waals surface area contributed by atoms with E-state index in [9.17, 15) is 8.78 Å². The van der Waals surface area contributed by atoms with Gasteiger partial charge in [0.05, 0.1) is 6.20 Å². The minimum absolute atomic E-state index is 0.113. The summed E-state index contributed by atoms with van der Waals surface area (Å²) in [5, 5.41) is 0.505. The Kier molecular flexibility index (Phi) is 4.74. The van der Waals surface area contributed by atoms with Crippen molar-refractivity contribution in [1.82, 2.24) is 4.98 Å². The van der Waals surface area contributed by atoms with Gasteiger partial charge in [-0.05, 0) is 18.9 Å². The highest BCUT2D eigenvalue weighted by molar-refractivity contribution is 7.99. The molecule has 19 heavy (non-hydrogen) atoms. The van der Waals surface area contributed by atoms with E-state index in [1.54, 1.807) is 6.20 Å². The van der Waals surface area contributed by atoms with Crippen LogP contribution in [0, 0.1) is 0 Å². The number of thioether (sulfide) groups is 1. The van der Waals surface area contributed by atoms with Gasteiger partial charge in [0.15, 0.2) is 5.76 Å². The Morgan fingerprint density at radius 1 is 1.26 bits per heavy atom. The van der Waals surface area contributed by atoms with E-state index in [2.05, 4.69) is 4.98 Å². The van der Waals surface area contributed by atoms with Crippen molar-refractivity contribution in [3.63, 3.8) is 0 Å². The zero-order valence-electron chi connectivity index (χ0n) is 10.4. The molecule has 0 amide bonds. The summed E-state index contributed by atoms with van der Waals surface area (Å²) in [6, 6.07) is 9.63. The van der Waals surface area contributed by atoms with Crippen LogP contribution in [0.15, 0.2) is 57.8 Å². The molecule has 0 saturated heterocycles. The highest BCUT2D eigenvalue weighted by Crippen LogP contribution is 2.26. The lowest BCUT2D eigenvalue weighted by Gasteiger charge is -1.98.